The van der Waals surface area contributed by atoms with Crippen LogP contribution in [0.25, 0.3) is 22.2 Å². The molecular formula is C25H22N4O. The zero-order chi connectivity index (χ0) is 20.9. The summed E-state index contributed by atoms with van der Waals surface area (Å²) in [5.74, 6) is 0.177. The summed E-state index contributed by atoms with van der Waals surface area (Å²) >= 11 is 0. The zero-order valence-corrected chi connectivity index (χ0v) is 16.9. The van der Waals surface area contributed by atoms with Gasteiger partial charge in [0.2, 0.25) is 0 Å². The first-order chi connectivity index (χ1) is 14.6. The van der Waals surface area contributed by atoms with Crippen LogP contribution in [0.4, 0.5) is 0 Å². The lowest BCUT2D eigenvalue weighted by Crippen LogP contribution is -2.18. The van der Waals surface area contributed by atoms with Crippen LogP contribution in [0, 0.1) is 0 Å². The quantitative estimate of drug-likeness (QED) is 0.374. The molecule has 1 N–H and O–H groups in total. The number of aromatic nitrogens is 2. The minimum atomic E-state index is -0.284. The fourth-order valence-electron chi connectivity index (χ4n) is 3.23. The summed E-state index contributed by atoms with van der Waals surface area (Å²) in [5, 5.41) is 4.86. The van der Waals surface area contributed by atoms with Gasteiger partial charge in [0.1, 0.15) is 0 Å². The Bertz CT molecular complexity index is 1200. The topological polar surface area (TPSA) is 67.2 Å². The van der Waals surface area contributed by atoms with E-state index in [2.05, 4.69) is 53.6 Å². The number of carbonyl (C=O) groups excluding carboxylic acids is 1. The van der Waals surface area contributed by atoms with Crippen molar-refractivity contribution in [1.29, 1.82) is 0 Å². The van der Waals surface area contributed by atoms with Crippen LogP contribution in [0.15, 0.2) is 84.2 Å². The van der Waals surface area contributed by atoms with Crippen molar-refractivity contribution in [3.8, 4) is 11.3 Å². The van der Waals surface area contributed by atoms with Gasteiger partial charge in [-0.05, 0) is 29.7 Å². The van der Waals surface area contributed by atoms with Crippen molar-refractivity contribution in [2.45, 2.75) is 19.8 Å². The van der Waals surface area contributed by atoms with E-state index in [4.69, 9.17) is 4.98 Å². The molecule has 0 saturated carbocycles. The van der Waals surface area contributed by atoms with E-state index in [1.807, 2.05) is 42.5 Å². The van der Waals surface area contributed by atoms with E-state index in [1.165, 1.54) is 5.56 Å². The predicted octanol–water partition coefficient (Wildman–Crippen LogP) is 5.18. The Labute approximate surface area is 175 Å². The number of rotatable bonds is 5. The maximum absolute atomic E-state index is 12.9. The largest absolute Gasteiger partial charge is 0.272 e. The van der Waals surface area contributed by atoms with Crippen molar-refractivity contribution in [3.05, 3.63) is 95.8 Å². The molecule has 0 fully saturated rings. The van der Waals surface area contributed by atoms with Crippen molar-refractivity contribution in [1.82, 2.24) is 15.4 Å². The highest BCUT2D eigenvalue weighted by molar-refractivity contribution is 6.07. The zero-order valence-electron chi connectivity index (χ0n) is 16.9. The highest BCUT2D eigenvalue weighted by Crippen LogP contribution is 2.26. The number of fused-ring (bicyclic) bond motifs is 1. The van der Waals surface area contributed by atoms with E-state index in [-0.39, 0.29) is 5.91 Å². The smallest absolute Gasteiger partial charge is 0.267 e. The van der Waals surface area contributed by atoms with Crippen LogP contribution in [0.2, 0.25) is 0 Å². The van der Waals surface area contributed by atoms with Gasteiger partial charge >= 0.3 is 0 Å². The van der Waals surface area contributed by atoms with Crippen LogP contribution in [0.5, 0.6) is 0 Å². The number of carbonyl (C=O) groups is 1. The molecule has 148 valence electrons. The monoisotopic (exact) mass is 394 g/mol. The van der Waals surface area contributed by atoms with Crippen LogP contribution >= 0.6 is 0 Å². The third-order valence-electron chi connectivity index (χ3n) is 4.90. The van der Waals surface area contributed by atoms with Crippen molar-refractivity contribution >= 4 is 23.0 Å². The molecule has 1 amide bonds. The molecule has 0 aliphatic carbocycles. The Hall–Kier alpha value is -3.86. The maximum atomic E-state index is 12.9. The third-order valence-corrected chi connectivity index (χ3v) is 4.90. The predicted molar refractivity (Wildman–Crippen MR) is 121 cm³/mol. The second-order valence-electron chi connectivity index (χ2n) is 7.33. The summed E-state index contributed by atoms with van der Waals surface area (Å²) < 4.78 is 0. The summed E-state index contributed by atoms with van der Waals surface area (Å²) in [6.07, 6.45) is 4.94. The van der Waals surface area contributed by atoms with E-state index in [0.717, 1.165) is 27.7 Å². The van der Waals surface area contributed by atoms with Crippen molar-refractivity contribution in [3.63, 3.8) is 0 Å². The molecule has 4 aromatic rings. The standard InChI is InChI=1S/C25H22N4O/c1-17(2)19-9-11-20(12-10-19)24-14-22(21-7-3-4-8-23(21)28-24)25(30)29-27-16-18-6-5-13-26-15-18/h3-17H,1-2H3,(H,29,30)/b27-16+. The second kappa shape index (κ2) is 8.66. The van der Waals surface area contributed by atoms with Crippen LogP contribution in [0.3, 0.4) is 0 Å². The summed E-state index contributed by atoms with van der Waals surface area (Å²) in [6, 6.07) is 21.4. The average molecular weight is 394 g/mol. The van der Waals surface area contributed by atoms with E-state index in [9.17, 15) is 4.79 Å². The molecule has 4 rings (SSSR count). The lowest BCUT2D eigenvalue weighted by atomic mass is 9.99. The molecule has 0 aliphatic rings. The van der Waals surface area contributed by atoms with Crippen molar-refractivity contribution < 1.29 is 4.79 Å². The summed E-state index contributed by atoms with van der Waals surface area (Å²) in [7, 11) is 0. The van der Waals surface area contributed by atoms with Gasteiger partial charge in [-0.3, -0.25) is 9.78 Å². The van der Waals surface area contributed by atoms with Gasteiger partial charge in [-0.2, -0.15) is 5.10 Å². The lowest BCUT2D eigenvalue weighted by Gasteiger charge is -2.10. The number of hydrazone groups is 1. The molecular weight excluding hydrogens is 372 g/mol. The first kappa shape index (κ1) is 19.5. The van der Waals surface area contributed by atoms with Crippen LogP contribution < -0.4 is 5.43 Å². The number of nitrogens with zero attached hydrogens (tertiary/aromatic N) is 3. The minimum absolute atomic E-state index is 0.284. The van der Waals surface area contributed by atoms with Gasteiger partial charge in [-0.1, -0.05) is 62.4 Å². The molecule has 2 aromatic heterocycles. The van der Waals surface area contributed by atoms with E-state index < -0.39 is 0 Å². The SMILES string of the molecule is CC(C)c1ccc(-c2cc(C(=O)N/N=C/c3cccnc3)c3ccccc3n2)cc1. The van der Waals surface area contributed by atoms with Crippen molar-refractivity contribution in [2.75, 3.05) is 0 Å². The van der Waals surface area contributed by atoms with Gasteiger partial charge in [-0.15, -0.1) is 0 Å². The van der Waals surface area contributed by atoms with Crippen LogP contribution in [-0.4, -0.2) is 22.1 Å². The molecule has 0 spiro atoms. The fourth-order valence-corrected chi connectivity index (χ4v) is 3.23. The first-order valence-electron chi connectivity index (χ1n) is 9.85. The number of hydrogen-bond donors (Lipinski definition) is 1. The molecule has 0 aliphatic heterocycles. The fraction of sp³-hybridized carbons (Fsp3) is 0.120. The first-order valence-corrected chi connectivity index (χ1v) is 9.85. The maximum Gasteiger partial charge on any atom is 0.272 e. The van der Waals surface area contributed by atoms with E-state index in [0.29, 0.717) is 11.5 Å². The summed E-state index contributed by atoms with van der Waals surface area (Å²) in [6.45, 7) is 4.33. The molecule has 0 saturated heterocycles. The highest BCUT2D eigenvalue weighted by atomic mass is 16.2. The Morgan fingerprint density at radius 1 is 1.03 bits per heavy atom. The Balaban J connectivity index is 1.68. The third kappa shape index (κ3) is 4.25. The normalized spacial score (nSPS) is 11.3. The van der Waals surface area contributed by atoms with Crippen molar-refractivity contribution in [2.24, 2.45) is 5.10 Å². The van der Waals surface area contributed by atoms with Crippen LogP contribution in [0.1, 0.15) is 41.3 Å². The van der Waals surface area contributed by atoms with E-state index >= 15 is 0 Å². The number of benzene rings is 2. The molecule has 0 bridgehead atoms. The lowest BCUT2D eigenvalue weighted by molar-refractivity contribution is 0.0956. The highest BCUT2D eigenvalue weighted by Gasteiger charge is 2.13. The minimum Gasteiger partial charge on any atom is -0.267 e. The number of amides is 1. The number of pyridine rings is 2. The van der Waals surface area contributed by atoms with Gasteiger partial charge in [0.05, 0.1) is 23.0 Å². The Morgan fingerprint density at radius 3 is 2.57 bits per heavy atom. The molecule has 30 heavy (non-hydrogen) atoms. The van der Waals surface area contributed by atoms with Crippen LogP contribution in [-0.2, 0) is 0 Å². The Morgan fingerprint density at radius 2 is 1.83 bits per heavy atom. The summed E-state index contributed by atoms with van der Waals surface area (Å²) in [4.78, 5) is 21.7. The van der Waals surface area contributed by atoms with Gasteiger partial charge in [0.15, 0.2) is 0 Å². The van der Waals surface area contributed by atoms with Gasteiger partial charge < -0.3 is 0 Å². The van der Waals surface area contributed by atoms with Gasteiger partial charge in [0.25, 0.3) is 5.91 Å². The van der Waals surface area contributed by atoms with Gasteiger partial charge in [-0.25, -0.2) is 10.4 Å². The number of para-hydroxylation sites is 1. The molecule has 2 heterocycles. The molecule has 0 atom stereocenters. The Kier molecular flexibility index (Phi) is 5.61. The number of nitrogens with one attached hydrogen (secondary N) is 1. The molecule has 0 radical (unpaired) electrons. The molecule has 5 heteroatoms. The summed E-state index contributed by atoms with van der Waals surface area (Å²) in [5.41, 5.74) is 7.72. The average Bonchev–Trinajstić information content (AvgIpc) is 2.79. The number of hydrogen-bond acceptors (Lipinski definition) is 4. The molecule has 5 nitrogen and oxygen atoms in total. The van der Waals surface area contributed by atoms with Gasteiger partial charge in [0, 0.05) is 28.9 Å². The molecule has 2 aromatic carbocycles. The van der Waals surface area contributed by atoms with E-state index in [1.54, 1.807) is 18.6 Å². The molecule has 0 unspecified atom stereocenters. The second-order valence-corrected chi connectivity index (χ2v) is 7.33.